The van der Waals surface area contributed by atoms with Crippen LogP contribution in [0.2, 0.25) is 5.02 Å². The summed E-state index contributed by atoms with van der Waals surface area (Å²) in [6.07, 6.45) is 4.08. The number of nitrogens with one attached hydrogen (secondary N) is 2. The van der Waals surface area contributed by atoms with Crippen molar-refractivity contribution < 1.29 is 9.59 Å². The first-order chi connectivity index (χ1) is 11.1. The zero-order chi connectivity index (χ0) is 16.4. The maximum atomic E-state index is 12.4. The van der Waals surface area contributed by atoms with Gasteiger partial charge in [0, 0.05) is 22.5 Å². The average molecular weight is 349 g/mol. The fraction of sp³-hybridized carbons (Fsp3) is 0.294. The second-order valence-corrected chi connectivity index (χ2v) is 7.00. The van der Waals surface area contributed by atoms with Gasteiger partial charge in [0.25, 0.3) is 11.8 Å². The van der Waals surface area contributed by atoms with Crippen LogP contribution in [0.15, 0.2) is 24.3 Å². The number of benzene rings is 1. The maximum Gasteiger partial charge on any atom is 0.256 e. The number of hydrogen-bond acceptors (Lipinski definition) is 3. The highest BCUT2D eigenvalue weighted by atomic mass is 35.5. The highest BCUT2D eigenvalue weighted by molar-refractivity contribution is 7.17. The zero-order valence-electron chi connectivity index (χ0n) is 12.7. The Morgan fingerprint density at radius 2 is 1.78 bits per heavy atom. The number of carbonyl (C=O) groups excluding carboxylic acids is 2. The molecule has 2 amide bonds. The molecular formula is C17H17ClN2O2S. The van der Waals surface area contributed by atoms with Crippen LogP contribution >= 0.6 is 22.9 Å². The summed E-state index contributed by atoms with van der Waals surface area (Å²) in [6.45, 7) is 0. The molecule has 1 aromatic carbocycles. The third-order valence-corrected chi connectivity index (χ3v) is 5.42. The second-order valence-electron chi connectivity index (χ2n) is 5.46. The van der Waals surface area contributed by atoms with Gasteiger partial charge in [0.1, 0.15) is 5.00 Å². The van der Waals surface area contributed by atoms with E-state index in [1.807, 2.05) is 0 Å². The first kappa shape index (κ1) is 16.0. The van der Waals surface area contributed by atoms with E-state index in [0.717, 1.165) is 31.2 Å². The van der Waals surface area contributed by atoms with E-state index in [2.05, 4.69) is 10.6 Å². The van der Waals surface area contributed by atoms with Gasteiger partial charge in [0.2, 0.25) is 0 Å². The largest absolute Gasteiger partial charge is 0.355 e. The van der Waals surface area contributed by atoms with E-state index in [1.165, 1.54) is 16.2 Å². The van der Waals surface area contributed by atoms with E-state index in [-0.39, 0.29) is 11.8 Å². The summed E-state index contributed by atoms with van der Waals surface area (Å²) in [4.78, 5) is 25.9. The predicted octanol–water partition coefficient (Wildman–Crippen LogP) is 3.89. The molecule has 1 aliphatic carbocycles. The van der Waals surface area contributed by atoms with Crippen molar-refractivity contribution in [3.63, 3.8) is 0 Å². The fourth-order valence-electron chi connectivity index (χ4n) is 2.80. The molecule has 0 saturated carbocycles. The third kappa shape index (κ3) is 3.26. The van der Waals surface area contributed by atoms with Crippen molar-refractivity contribution in [2.75, 3.05) is 12.4 Å². The first-order valence-corrected chi connectivity index (χ1v) is 8.73. The molecule has 1 aromatic heterocycles. The van der Waals surface area contributed by atoms with Crippen LogP contribution < -0.4 is 10.6 Å². The van der Waals surface area contributed by atoms with Crippen molar-refractivity contribution in [3.05, 3.63) is 50.9 Å². The lowest BCUT2D eigenvalue weighted by atomic mass is 9.95. The monoisotopic (exact) mass is 348 g/mol. The number of aryl methyl sites for hydroxylation is 1. The summed E-state index contributed by atoms with van der Waals surface area (Å²) in [5.74, 6) is -0.374. The van der Waals surface area contributed by atoms with E-state index in [0.29, 0.717) is 21.2 Å². The summed E-state index contributed by atoms with van der Waals surface area (Å²) < 4.78 is 0. The lowest BCUT2D eigenvalue weighted by Crippen LogP contribution is -2.22. The number of carbonyl (C=O) groups is 2. The van der Waals surface area contributed by atoms with Gasteiger partial charge < -0.3 is 10.6 Å². The van der Waals surface area contributed by atoms with E-state index in [4.69, 9.17) is 11.6 Å². The minimum absolute atomic E-state index is 0.143. The lowest BCUT2D eigenvalue weighted by molar-refractivity contribution is 0.0963. The summed E-state index contributed by atoms with van der Waals surface area (Å²) >= 11 is 7.36. The molecule has 1 aliphatic rings. The Morgan fingerprint density at radius 3 is 2.48 bits per heavy atom. The third-order valence-electron chi connectivity index (χ3n) is 3.96. The Kier molecular flexibility index (Phi) is 4.68. The van der Waals surface area contributed by atoms with Gasteiger partial charge in [-0.1, -0.05) is 11.6 Å². The number of anilines is 1. The number of rotatable bonds is 3. The first-order valence-electron chi connectivity index (χ1n) is 7.53. The Morgan fingerprint density at radius 1 is 1.09 bits per heavy atom. The number of fused-ring (bicyclic) bond motifs is 1. The van der Waals surface area contributed by atoms with Gasteiger partial charge >= 0.3 is 0 Å². The van der Waals surface area contributed by atoms with Crippen LogP contribution in [0.3, 0.4) is 0 Å². The van der Waals surface area contributed by atoms with Gasteiger partial charge in [-0.3, -0.25) is 9.59 Å². The molecule has 0 fully saturated rings. The van der Waals surface area contributed by atoms with Gasteiger partial charge in [-0.2, -0.15) is 0 Å². The molecule has 0 aliphatic heterocycles. The highest BCUT2D eigenvalue weighted by Crippen LogP contribution is 2.38. The molecule has 6 heteroatoms. The molecule has 23 heavy (non-hydrogen) atoms. The molecule has 4 nitrogen and oxygen atoms in total. The normalized spacial score (nSPS) is 13.3. The van der Waals surface area contributed by atoms with Crippen molar-refractivity contribution >= 4 is 39.8 Å². The number of thiophene rings is 1. The quantitative estimate of drug-likeness (QED) is 0.884. The topological polar surface area (TPSA) is 58.2 Å². The molecule has 0 unspecified atom stereocenters. The summed E-state index contributed by atoms with van der Waals surface area (Å²) in [5, 5.41) is 6.79. The Hall–Kier alpha value is -1.85. The van der Waals surface area contributed by atoms with Crippen LogP contribution in [0.5, 0.6) is 0 Å². The Labute approximate surface area is 143 Å². The number of halogens is 1. The average Bonchev–Trinajstić information content (AvgIpc) is 2.92. The molecular weight excluding hydrogens is 332 g/mol. The smallest absolute Gasteiger partial charge is 0.256 e. The van der Waals surface area contributed by atoms with Gasteiger partial charge in [0.15, 0.2) is 0 Å². The predicted molar refractivity (Wildman–Crippen MR) is 93.8 cm³/mol. The fourth-order valence-corrected chi connectivity index (χ4v) is 4.20. The van der Waals surface area contributed by atoms with Crippen LogP contribution in [0.4, 0.5) is 5.00 Å². The number of hydrogen-bond donors (Lipinski definition) is 2. The van der Waals surface area contributed by atoms with E-state index < -0.39 is 0 Å². The molecule has 0 bridgehead atoms. The standard InChI is InChI=1S/C17H17ClN2O2S/c1-19-16(22)14-12-4-2-3-5-13(12)23-17(14)20-15(21)10-6-8-11(18)9-7-10/h6-9H,2-5H2,1H3,(H,19,22)(H,20,21). The van der Waals surface area contributed by atoms with Crippen molar-refractivity contribution in [3.8, 4) is 0 Å². The second kappa shape index (κ2) is 6.72. The molecule has 0 atom stereocenters. The molecule has 120 valence electrons. The highest BCUT2D eigenvalue weighted by Gasteiger charge is 2.25. The number of amides is 2. The molecule has 2 aromatic rings. The van der Waals surface area contributed by atoms with Crippen LogP contribution in [-0.4, -0.2) is 18.9 Å². The lowest BCUT2D eigenvalue weighted by Gasteiger charge is -2.12. The summed E-state index contributed by atoms with van der Waals surface area (Å²) in [7, 11) is 1.61. The molecule has 3 rings (SSSR count). The van der Waals surface area contributed by atoms with Gasteiger partial charge in [-0.25, -0.2) is 0 Å². The van der Waals surface area contributed by atoms with Crippen molar-refractivity contribution in [2.45, 2.75) is 25.7 Å². The molecule has 1 heterocycles. The van der Waals surface area contributed by atoms with E-state index in [9.17, 15) is 9.59 Å². The van der Waals surface area contributed by atoms with Crippen LogP contribution in [0, 0.1) is 0 Å². The zero-order valence-corrected chi connectivity index (χ0v) is 14.3. The van der Waals surface area contributed by atoms with Gasteiger partial charge in [-0.05, 0) is 55.5 Å². The van der Waals surface area contributed by atoms with Gasteiger partial charge in [0.05, 0.1) is 5.56 Å². The molecule has 0 saturated heterocycles. The Bertz CT molecular complexity index is 753. The maximum absolute atomic E-state index is 12.4. The van der Waals surface area contributed by atoms with Crippen LogP contribution in [0.25, 0.3) is 0 Å². The molecule has 0 spiro atoms. The minimum atomic E-state index is -0.231. The van der Waals surface area contributed by atoms with Crippen molar-refractivity contribution in [2.24, 2.45) is 0 Å². The van der Waals surface area contributed by atoms with Crippen molar-refractivity contribution in [1.29, 1.82) is 0 Å². The molecule has 2 N–H and O–H groups in total. The SMILES string of the molecule is CNC(=O)c1c(NC(=O)c2ccc(Cl)cc2)sc2c1CCCC2. The Balaban J connectivity index is 1.93. The summed E-state index contributed by atoms with van der Waals surface area (Å²) in [6, 6.07) is 6.70. The molecule has 0 radical (unpaired) electrons. The minimum Gasteiger partial charge on any atom is -0.355 e. The van der Waals surface area contributed by atoms with Crippen LogP contribution in [0.1, 0.15) is 44.0 Å². The van der Waals surface area contributed by atoms with Crippen molar-refractivity contribution in [1.82, 2.24) is 5.32 Å². The van der Waals surface area contributed by atoms with Gasteiger partial charge in [-0.15, -0.1) is 11.3 Å². The van der Waals surface area contributed by atoms with E-state index in [1.54, 1.807) is 31.3 Å². The summed E-state index contributed by atoms with van der Waals surface area (Å²) in [5.41, 5.74) is 2.23. The van der Waals surface area contributed by atoms with Crippen LogP contribution in [-0.2, 0) is 12.8 Å². The van der Waals surface area contributed by atoms with E-state index >= 15 is 0 Å².